The third-order valence-corrected chi connectivity index (χ3v) is 5.16. The van der Waals surface area contributed by atoms with Crippen LogP contribution in [0, 0.1) is 0 Å². The van der Waals surface area contributed by atoms with Crippen molar-refractivity contribution < 1.29 is 0 Å². The summed E-state index contributed by atoms with van der Waals surface area (Å²) in [7, 11) is 0. The average Bonchev–Trinajstić information content (AvgIpc) is 2.52. The first-order chi connectivity index (χ1) is 10.8. The van der Waals surface area contributed by atoms with Gasteiger partial charge in [-0.05, 0) is 30.2 Å². The van der Waals surface area contributed by atoms with E-state index in [1.54, 1.807) is 0 Å². The summed E-state index contributed by atoms with van der Waals surface area (Å²) in [6.07, 6.45) is 26.1. The molecule has 0 aliphatic carbocycles. The summed E-state index contributed by atoms with van der Waals surface area (Å²) >= 11 is 3.75. The van der Waals surface area contributed by atoms with Crippen molar-refractivity contribution in [3.8, 4) is 0 Å². The molecule has 0 atom stereocenters. The van der Waals surface area contributed by atoms with Crippen LogP contribution in [0.4, 0.5) is 0 Å². The SMILES string of the molecule is CCCCCCCCC/C=C(\Br)CCCCCCCCCC. The number of hydrogen-bond acceptors (Lipinski definition) is 0. The van der Waals surface area contributed by atoms with Gasteiger partial charge in [0.05, 0.1) is 0 Å². The van der Waals surface area contributed by atoms with E-state index in [9.17, 15) is 0 Å². The topological polar surface area (TPSA) is 0 Å². The van der Waals surface area contributed by atoms with E-state index in [0.717, 1.165) is 0 Å². The van der Waals surface area contributed by atoms with Gasteiger partial charge in [-0.3, -0.25) is 0 Å². The van der Waals surface area contributed by atoms with Crippen molar-refractivity contribution in [2.75, 3.05) is 0 Å². The first-order valence-electron chi connectivity index (χ1n) is 10.2. The highest BCUT2D eigenvalue weighted by atomic mass is 79.9. The van der Waals surface area contributed by atoms with Crippen molar-refractivity contribution >= 4 is 15.9 Å². The highest BCUT2D eigenvalue weighted by molar-refractivity contribution is 9.11. The van der Waals surface area contributed by atoms with Crippen LogP contribution in [0.1, 0.15) is 123 Å². The van der Waals surface area contributed by atoms with E-state index in [4.69, 9.17) is 0 Å². The highest BCUT2D eigenvalue weighted by Gasteiger charge is 1.95. The van der Waals surface area contributed by atoms with Crippen molar-refractivity contribution in [1.29, 1.82) is 0 Å². The minimum absolute atomic E-state index is 1.26. The van der Waals surface area contributed by atoms with Gasteiger partial charge in [-0.1, -0.05) is 119 Å². The maximum Gasteiger partial charge on any atom is -0.00892 e. The lowest BCUT2D eigenvalue weighted by Gasteiger charge is -2.02. The molecule has 0 amide bonds. The summed E-state index contributed by atoms with van der Waals surface area (Å²) in [6, 6.07) is 0. The van der Waals surface area contributed by atoms with Crippen molar-refractivity contribution in [3.63, 3.8) is 0 Å². The summed E-state index contributed by atoms with van der Waals surface area (Å²) in [6.45, 7) is 4.57. The third-order valence-electron chi connectivity index (χ3n) is 4.44. The van der Waals surface area contributed by atoms with Crippen LogP contribution in [0.2, 0.25) is 0 Å². The summed E-state index contributed by atoms with van der Waals surface area (Å²) < 4.78 is 1.45. The third kappa shape index (κ3) is 18.3. The second-order valence-corrected chi connectivity index (χ2v) is 7.80. The minimum Gasteiger partial charge on any atom is -0.0744 e. The Morgan fingerprint density at radius 3 is 1.50 bits per heavy atom. The van der Waals surface area contributed by atoms with Crippen LogP contribution in [-0.2, 0) is 0 Å². The van der Waals surface area contributed by atoms with Crippen LogP contribution in [0.25, 0.3) is 0 Å². The molecule has 1 heteroatoms. The Hall–Kier alpha value is 0.220. The van der Waals surface area contributed by atoms with Crippen molar-refractivity contribution in [1.82, 2.24) is 0 Å². The van der Waals surface area contributed by atoms with E-state index < -0.39 is 0 Å². The Morgan fingerprint density at radius 2 is 1.00 bits per heavy atom. The molecule has 0 heterocycles. The molecule has 0 N–H and O–H groups in total. The first-order valence-corrected chi connectivity index (χ1v) is 10.9. The summed E-state index contributed by atoms with van der Waals surface area (Å²) in [4.78, 5) is 0. The number of unbranched alkanes of at least 4 members (excludes halogenated alkanes) is 14. The number of hydrogen-bond donors (Lipinski definition) is 0. The molecule has 0 nitrogen and oxygen atoms in total. The fourth-order valence-electron chi connectivity index (χ4n) is 2.89. The lowest BCUT2D eigenvalue weighted by Crippen LogP contribution is -1.82. The molecule has 0 unspecified atom stereocenters. The molecular weight excluding hydrogens is 332 g/mol. The van der Waals surface area contributed by atoms with Crippen LogP contribution in [0.3, 0.4) is 0 Å². The van der Waals surface area contributed by atoms with Gasteiger partial charge >= 0.3 is 0 Å². The van der Waals surface area contributed by atoms with Crippen LogP contribution in [-0.4, -0.2) is 0 Å². The van der Waals surface area contributed by atoms with Gasteiger partial charge in [0, 0.05) is 0 Å². The van der Waals surface area contributed by atoms with Gasteiger partial charge < -0.3 is 0 Å². The fraction of sp³-hybridized carbons (Fsp3) is 0.905. The highest BCUT2D eigenvalue weighted by Crippen LogP contribution is 2.18. The van der Waals surface area contributed by atoms with Gasteiger partial charge in [-0.2, -0.15) is 0 Å². The molecule has 0 fully saturated rings. The summed E-state index contributed by atoms with van der Waals surface area (Å²) in [5.41, 5.74) is 0. The molecule has 0 aromatic carbocycles. The zero-order chi connectivity index (χ0) is 16.3. The summed E-state index contributed by atoms with van der Waals surface area (Å²) in [5, 5.41) is 0. The van der Waals surface area contributed by atoms with Crippen molar-refractivity contribution in [2.24, 2.45) is 0 Å². The Bertz CT molecular complexity index is 232. The molecule has 132 valence electrons. The molecule has 0 rings (SSSR count). The Morgan fingerprint density at radius 1 is 0.591 bits per heavy atom. The van der Waals surface area contributed by atoms with Crippen molar-refractivity contribution in [2.45, 2.75) is 123 Å². The number of allylic oxidation sites excluding steroid dienone is 2. The predicted molar refractivity (Wildman–Crippen MR) is 107 cm³/mol. The molecule has 0 aromatic rings. The molecule has 22 heavy (non-hydrogen) atoms. The van der Waals surface area contributed by atoms with Crippen molar-refractivity contribution in [3.05, 3.63) is 10.6 Å². The quantitative estimate of drug-likeness (QED) is 0.223. The van der Waals surface area contributed by atoms with E-state index in [0.29, 0.717) is 0 Å². The number of halogens is 1. The molecular formula is C21H41Br. The maximum atomic E-state index is 3.75. The van der Waals surface area contributed by atoms with Crippen LogP contribution in [0.5, 0.6) is 0 Å². The molecule has 0 bridgehead atoms. The average molecular weight is 373 g/mol. The van der Waals surface area contributed by atoms with E-state index in [-0.39, 0.29) is 0 Å². The lowest BCUT2D eigenvalue weighted by molar-refractivity contribution is 0.576. The van der Waals surface area contributed by atoms with E-state index >= 15 is 0 Å². The zero-order valence-corrected chi connectivity index (χ0v) is 17.1. The molecule has 0 aliphatic rings. The van der Waals surface area contributed by atoms with E-state index in [1.165, 1.54) is 114 Å². The molecule has 0 aromatic heterocycles. The van der Waals surface area contributed by atoms with Gasteiger partial charge in [-0.15, -0.1) is 0 Å². The first kappa shape index (κ1) is 22.2. The smallest absolute Gasteiger partial charge is 0.00892 e. The maximum absolute atomic E-state index is 3.75. The predicted octanol–water partition coefficient (Wildman–Crippen LogP) is 8.94. The second kappa shape index (κ2) is 19.3. The molecule has 0 saturated heterocycles. The second-order valence-electron chi connectivity index (χ2n) is 6.79. The molecule has 0 radical (unpaired) electrons. The number of rotatable bonds is 17. The minimum atomic E-state index is 1.26. The zero-order valence-electron chi connectivity index (χ0n) is 15.5. The molecule has 0 saturated carbocycles. The van der Waals surface area contributed by atoms with Gasteiger partial charge in [0.15, 0.2) is 0 Å². The summed E-state index contributed by atoms with van der Waals surface area (Å²) in [5.74, 6) is 0. The normalized spacial score (nSPS) is 12.0. The molecule has 0 aliphatic heterocycles. The van der Waals surface area contributed by atoms with E-state index in [2.05, 4.69) is 35.9 Å². The molecule has 0 spiro atoms. The van der Waals surface area contributed by atoms with Gasteiger partial charge in [0.1, 0.15) is 0 Å². The Kier molecular flexibility index (Phi) is 19.5. The largest absolute Gasteiger partial charge is 0.0744 e. The fourth-order valence-corrected chi connectivity index (χ4v) is 3.40. The van der Waals surface area contributed by atoms with Crippen LogP contribution in [0.15, 0.2) is 10.6 Å². The standard InChI is InChI=1S/C21H41Br/c1-3-5-7-9-11-13-15-17-19-21(22)20-18-16-14-12-10-8-6-4-2/h19H,3-18,20H2,1-2H3/b21-19-. The Balaban J connectivity index is 3.24. The van der Waals surface area contributed by atoms with Crippen LogP contribution < -0.4 is 0 Å². The van der Waals surface area contributed by atoms with E-state index in [1.807, 2.05) is 0 Å². The lowest BCUT2D eigenvalue weighted by atomic mass is 10.1. The van der Waals surface area contributed by atoms with Crippen LogP contribution >= 0.6 is 15.9 Å². The van der Waals surface area contributed by atoms with Gasteiger partial charge in [-0.25, -0.2) is 0 Å². The monoisotopic (exact) mass is 372 g/mol. The Labute approximate surface area is 149 Å². The van der Waals surface area contributed by atoms with Gasteiger partial charge in [0.25, 0.3) is 0 Å². The van der Waals surface area contributed by atoms with Gasteiger partial charge in [0.2, 0.25) is 0 Å².